The van der Waals surface area contributed by atoms with E-state index < -0.39 is 0 Å². The highest BCUT2D eigenvalue weighted by Crippen LogP contribution is 2.52. The highest BCUT2D eigenvalue weighted by Gasteiger charge is 2.48. The molecule has 120 valence electrons. The van der Waals surface area contributed by atoms with Gasteiger partial charge in [-0.3, -0.25) is 11.3 Å². The quantitative estimate of drug-likeness (QED) is 0.619. The Morgan fingerprint density at radius 3 is 2.57 bits per heavy atom. The SMILES string of the molecule is NNC(C1CCOC2(CCOCC2)C1)C1CC2CCC1C2. The van der Waals surface area contributed by atoms with Crippen molar-refractivity contribution in [3.05, 3.63) is 0 Å². The third kappa shape index (κ3) is 2.65. The summed E-state index contributed by atoms with van der Waals surface area (Å²) in [6.07, 6.45) is 10.3. The van der Waals surface area contributed by atoms with E-state index in [1.54, 1.807) is 0 Å². The van der Waals surface area contributed by atoms with Crippen LogP contribution in [0.1, 0.15) is 51.4 Å². The molecule has 1 spiro atoms. The molecule has 4 fully saturated rings. The fraction of sp³-hybridized carbons (Fsp3) is 1.00. The average Bonchev–Trinajstić information content (AvgIpc) is 3.12. The van der Waals surface area contributed by atoms with Crippen molar-refractivity contribution in [1.29, 1.82) is 0 Å². The molecule has 4 rings (SSSR count). The molecule has 2 saturated heterocycles. The maximum atomic E-state index is 6.21. The summed E-state index contributed by atoms with van der Waals surface area (Å²) in [7, 11) is 0. The van der Waals surface area contributed by atoms with Crippen molar-refractivity contribution in [1.82, 2.24) is 5.43 Å². The molecule has 0 amide bonds. The summed E-state index contributed by atoms with van der Waals surface area (Å²) in [4.78, 5) is 0. The number of hydrogen-bond acceptors (Lipinski definition) is 4. The third-order valence-corrected chi connectivity index (χ3v) is 6.89. The Morgan fingerprint density at radius 2 is 1.90 bits per heavy atom. The average molecular weight is 294 g/mol. The minimum atomic E-state index is 0.0912. The summed E-state index contributed by atoms with van der Waals surface area (Å²) in [5.74, 6) is 9.45. The number of nitrogens with two attached hydrogens (primary N) is 1. The van der Waals surface area contributed by atoms with Crippen LogP contribution in [0.15, 0.2) is 0 Å². The topological polar surface area (TPSA) is 56.5 Å². The van der Waals surface area contributed by atoms with Gasteiger partial charge in [-0.05, 0) is 68.6 Å². The van der Waals surface area contributed by atoms with Crippen molar-refractivity contribution < 1.29 is 9.47 Å². The number of hydrazine groups is 1. The second-order valence-corrected chi connectivity index (χ2v) is 7.93. The summed E-state index contributed by atoms with van der Waals surface area (Å²) in [6.45, 7) is 2.63. The van der Waals surface area contributed by atoms with E-state index in [2.05, 4.69) is 5.43 Å². The molecule has 21 heavy (non-hydrogen) atoms. The fourth-order valence-electron chi connectivity index (χ4n) is 5.81. The van der Waals surface area contributed by atoms with E-state index in [0.717, 1.165) is 50.4 Å². The van der Waals surface area contributed by atoms with Gasteiger partial charge >= 0.3 is 0 Å². The Labute approximate surface area is 128 Å². The molecule has 4 aliphatic rings. The van der Waals surface area contributed by atoms with Crippen LogP contribution in [0.25, 0.3) is 0 Å². The first-order valence-electron chi connectivity index (χ1n) is 8.97. The zero-order valence-electron chi connectivity index (χ0n) is 13.1. The number of ether oxygens (including phenoxy) is 2. The van der Waals surface area contributed by atoms with Gasteiger partial charge < -0.3 is 9.47 Å². The van der Waals surface area contributed by atoms with Gasteiger partial charge in [0.25, 0.3) is 0 Å². The van der Waals surface area contributed by atoms with Gasteiger partial charge in [0.1, 0.15) is 0 Å². The molecule has 0 radical (unpaired) electrons. The van der Waals surface area contributed by atoms with Crippen LogP contribution in [0.2, 0.25) is 0 Å². The summed E-state index contributed by atoms with van der Waals surface area (Å²) in [6, 6.07) is 0.504. The standard InChI is InChI=1S/C17H30N2O2/c18-19-16(15-10-12-1-2-13(15)9-12)14-3-6-21-17(11-14)4-7-20-8-5-17/h12-16,19H,1-11,18H2. The highest BCUT2D eigenvalue weighted by atomic mass is 16.5. The smallest absolute Gasteiger partial charge is 0.0729 e. The number of rotatable bonds is 3. The number of hydrogen-bond donors (Lipinski definition) is 2. The van der Waals surface area contributed by atoms with Gasteiger partial charge in [0.05, 0.1) is 5.60 Å². The lowest BCUT2D eigenvalue weighted by molar-refractivity contribution is -0.152. The van der Waals surface area contributed by atoms with Crippen molar-refractivity contribution in [2.75, 3.05) is 19.8 Å². The van der Waals surface area contributed by atoms with Crippen LogP contribution in [0.5, 0.6) is 0 Å². The molecule has 0 aromatic rings. The van der Waals surface area contributed by atoms with E-state index in [1.165, 1.54) is 38.5 Å². The van der Waals surface area contributed by atoms with Crippen LogP contribution in [0, 0.1) is 23.7 Å². The van der Waals surface area contributed by atoms with Crippen molar-refractivity contribution in [2.45, 2.75) is 63.0 Å². The van der Waals surface area contributed by atoms with Crippen molar-refractivity contribution >= 4 is 0 Å². The molecule has 2 aliphatic carbocycles. The zero-order chi connectivity index (χ0) is 14.3. The van der Waals surface area contributed by atoms with Crippen LogP contribution in [-0.4, -0.2) is 31.5 Å². The van der Waals surface area contributed by atoms with Gasteiger partial charge in [0.2, 0.25) is 0 Å². The number of nitrogens with one attached hydrogen (secondary N) is 1. The minimum Gasteiger partial charge on any atom is -0.381 e. The van der Waals surface area contributed by atoms with Crippen molar-refractivity contribution in [3.63, 3.8) is 0 Å². The second kappa shape index (κ2) is 5.80. The van der Waals surface area contributed by atoms with Crippen LogP contribution in [0.4, 0.5) is 0 Å². The lowest BCUT2D eigenvalue weighted by atomic mass is 9.71. The Balaban J connectivity index is 1.46. The van der Waals surface area contributed by atoms with Gasteiger partial charge in [-0.25, -0.2) is 0 Å². The van der Waals surface area contributed by atoms with E-state index in [-0.39, 0.29) is 5.60 Å². The minimum absolute atomic E-state index is 0.0912. The predicted octanol–water partition coefficient (Wildman–Crippen LogP) is 2.23. The molecule has 5 unspecified atom stereocenters. The first-order valence-corrected chi connectivity index (χ1v) is 8.97. The van der Waals surface area contributed by atoms with E-state index >= 15 is 0 Å². The first-order chi connectivity index (χ1) is 10.3. The van der Waals surface area contributed by atoms with E-state index in [1.807, 2.05) is 0 Å². The van der Waals surface area contributed by atoms with Gasteiger partial charge in [0, 0.05) is 25.9 Å². The van der Waals surface area contributed by atoms with Gasteiger partial charge in [0.15, 0.2) is 0 Å². The largest absolute Gasteiger partial charge is 0.381 e. The lowest BCUT2D eigenvalue weighted by Crippen LogP contribution is -2.53. The fourth-order valence-corrected chi connectivity index (χ4v) is 5.81. The highest BCUT2D eigenvalue weighted by molar-refractivity contribution is 5.00. The Bertz CT molecular complexity index is 364. The molecule has 5 atom stereocenters. The molecule has 2 aliphatic heterocycles. The molecule has 0 aromatic carbocycles. The summed E-state index contributed by atoms with van der Waals surface area (Å²) < 4.78 is 11.7. The Kier molecular flexibility index (Phi) is 3.99. The summed E-state index contributed by atoms with van der Waals surface area (Å²) in [5.41, 5.74) is 3.32. The molecule has 2 bridgehead atoms. The predicted molar refractivity (Wildman–Crippen MR) is 81.5 cm³/mol. The van der Waals surface area contributed by atoms with Crippen LogP contribution < -0.4 is 11.3 Å². The first kappa shape index (κ1) is 14.4. The summed E-state index contributed by atoms with van der Waals surface area (Å²) >= 11 is 0. The van der Waals surface area contributed by atoms with Crippen molar-refractivity contribution in [2.24, 2.45) is 29.5 Å². The molecule has 3 N–H and O–H groups in total. The molecule has 2 heterocycles. The van der Waals surface area contributed by atoms with Gasteiger partial charge in [-0.15, -0.1) is 0 Å². The second-order valence-electron chi connectivity index (χ2n) is 7.93. The van der Waals surface area contributed by atoms with E-state index in [9.17, 15) is 0 Å². The van der Waals surface area contributed by atoms with E-state index in [4.69, 9.17) is 15.3 Å². The Morgan fingerprint density at radius 1 is 1.05 bits per heavy atom. The third-order valence-electron chi connectivity index (χ3n) is 6.89. The summed E-state index contributed by atoms with van der Waals surface area (Å²) in [5, 5.41) is 0. The molecule has 2 saturated carbocycles. The van der Waals surface area contributed by atoms with E-state index in [0.29, 0.717) is 12.0 Å². The lowest BCUT2D eigenvalue weighted by Gasteiger charge is -2.47. The Hall–Kier alpha value is -0.160. The van der Waals surface area contributed by atoms with Crippen LogP contribution in [0.3, 0.4) is 0 Å². The van der Waals surface area contributed by atoms with Crippen molar-refractivity contribution in [3.8, 4) is 0 Å². The molecule has 0 aromatic heterocycles. The van der Waals surface area contributed by atoms with Gasteiger partial charge in [-0.2, -0.15) is 0 Å². The van der Waals surface area contributed by atoms with Crippen LogP contribution in [-0.2, 0) is 9.47 Å². The molecule has 4 nitrogen and oxygen atoms in total. The van der Waals surface area contributed by atoms with Gasteiger partial charge in [-0.1, -0.05) is 6.42 Å². The molecular formula is C17H30N2O2. The zero-order valence-corrected chi connectivity index (χ0v) is 13.1. The number of fused-ring (bicyclic) bond motifs is 2. The maximum Gasteiger partial charge on any atom is 0.0729 e. The molecule has 4 heteroatoms. The maximum absolute atomic E-state index is 6.21. The monoisotopic (exact) mass is 294 g/mol. The molecular weight excluding hydrogens is 264 g/mol. The van der Waals surface area contributed by atoms with Crippen LogP contribution >= 0.6 is 0 Å². The normalized spacial score (nSPS) is 43.3.